The van der Waals surface area contributed by atoms with Gasteiger partial charge in [0.05, 0.1) is 4.47 Å². The fourth-order valence-corrected chi connectivity index (χ4v) is 3.76. The maximum atomic E-state index is 5.96. The van der Waals surface area contributed by atoms with E-state index in [0.29, 0.717) is 5.92 Å². The molecule has 0 aliphatic rings. The van der Waals surface area contributed by atoms with E-state index in [1.54, 1.807) is 0 Å². The third-order valence-corrected chi connectivity index (χ3v) is 5.46. The van der Waals surface area contributed by atoms with E-state index < -0.39 is 0 Å². The highest BCUT2D eigenvalue weighted by molar-refractivity contribution is 9.11. The molecule has 0 saturated carbocycles. The molecule has 0 aliphatic heterocycles. The van der Waals surface area contributed by atoms with Crippen LogP contribution < -0.4 is 4.74 Å². The van der Waals surface area contributed by atoms with Crippen LogP contribution in [0.3, 0.4) is 0 Å². The van der Waals surface area contributed by atoms with E-state index in [2.05, 4.69) is 81.8 Å². The molecule has 0 saturated heterocycles. The van der Waals surface area contributed by atoms with Crippen molar-refractivity contribution in [3.05, 3.63) is 57.0 Å². The topological polar surface area (TPSA) is 12.5 Å². The molecule has 0 fully saturated rings. The summed E-state index contributed by atoms with van der Waals surface area (Å²) in [7, 11) is 0. The van der Waals surface area contributed by atoms with E-state index in [4.69, 9.17) is 4.74 Å². The highest BCUT2D eigenvalue weighted by Crippen LogP contribution is 2.32. The van der Waals surface area contributed by atoms with Gasteiger partial charge >= 0.3 is 0 Å². The largest absolute Gasteiger partial charge is 0.456 e. The molecule has 0 aliphatic carbocycles. The highest BCUT2D eigenvalue weighted by Gasteiger charge is 2.09. The molecule has 0 amide bonds. The van der Waals surface area contributed by atoms with Gasteiger partial charge in [-0.15, -0.1) is 0 Å². The Morgan fingerprint density at radius 1 is 1.00 bits per heavy atom. The third-order valence-electron chi connectivity index (χ3n) is 4.34. The lowest BCUT2D eigenvalue weighted by Crippen LogP contribution is -2.24. The lowest BCUT2D eigenvalue weighted by molar-refractivity contribution is 0.292. The lowest BCUT2D eigenvalue weighted by Gasteiger charge is -2.21. The molecular formula is C20H25Br2NO. The molecule has 2 aromatic carbocycles. The van der Waals surface area contributed by atoms with Crippen LogP contribution in [0.4, 0.5) is 0 Å². The zero-order valence-corrected chi connectivity index (χ0v) is 17.7. The second-order valence-electron chi connectivity index (χ2n) is 5.96. The van der Waals surface area contributed by atoms with Gasteiger partial charge < -0.3 is 9.64 Å². The molecule has 0 radical (unpaired) electrons. The zero-order chi connectivity index (χ0) is 17.5. The number of nitrogens with zero attached hydrogens (tertiary/aromatic N) is 1. The molecule has 0 spiro atoms. The van der Waals surface area contributed by atoms with Gasteiger partial charge in [-0.2, -0.15) is 0 Å². The second-order valence-corrected chi connectivity index (χ2v) is 7.73. The van der Waals surface area contributed by atoms with E-state index in [9.17, 15) is 0 Å². The molecule has 1 unspecified atom stereocenters. The first kappa shape index (κ1) is 19.5. The van der Waals surface area contributed by atoms with Crippen molar-refractivity contribution in [1.82, 2.24) is 4.90 Å². The molecule has 24 heavy (non-hydrogen) atoms. The summed E-state index contributed by atoms with van der Waals surface area (Å²) in [5.41, 5.74) is 1.37. The van der Waals surface area contributed by atoms with Crippen molar-refractivity contribution in [2.24, 2.45) is 0 Å². The molecule has 2 aromatic rings. The van der Waals surface area contributed by atoms with Crippen LogP contribution in [0.15, 0.2) is 51.4 Å². The summed E-state index contributed by atoms with van der Waals surface area (Å²) in [6.07, 6.45) is 1.18. The summed E-state index contributed by atoms with van der Waals surface area (Å²) in [4.78, 5) is 2.47. The van der Waals surface area contributed by atoms with Crippen molar-refractivity contribution < 1.29 is 4.74 Å². The van der Waals surface area contributed by atoms with Gasteiger partial charge in [-0.3, -0.25) is 0 Å². The summed E-state index contributed by atoms with van der Waals surface area (Å²) in [5.74, 6) is 2.23. The molecule has 2 rings (SSSR count). The van der Waals surface area contributed by atoms with Gasteiger partial charge in [0, 0.05) is 4.47 Å². The van der Waals surface area contributed by atoms with E-state index in [1.165, 1.54) is 12.0 Å². The predicted molar refractivity (Wildman–Crippen MR) is 109 cm³/mol. The number of hydrogen-bond donors (Lipinski definition) is 0. The average molecular weight is 455 g/mol. The van der Waals surface area contributed by atoms with Crippen LogP contribution in [0.2, 0.25) is 0 Å². The highest BCUT2D eigenvalue weighted by atomic mass is 79.9. The van der Waals surface area contributed by atoms with Gasteiger partial charge in [0.2, 0.25) is 0 Å². The summed E-state index contributed by atoms with van der Waals surface area (Å²) < 4.78 is 7.92. The van der Waals surface area contributed by atoms with E-state index in [-0.39, 0.29) is 0 Å². The molecule has 0 aromatic heterocycles. The molecule has 4 heteroatoms. The standard InChI is InChI=1S/C20H25Br2NO/c1-4-23(5-2)13-12-15(3)16-6-9-18(10-7-16)24-20-11-8-17(21)14-19(20)22/h6-11,14-15H,4-5,12-13H2,1-3H3. The number of rotatable bonds is 8. The minimum atomic E-state index is 0.555. The van der Waals surface area contributed by atoms with Crippen LogP contribution in [0.25, 0.3) is 0 Å². The smallest absolute Gasteiger partial charge is 0.141 e. The van der Waals surface area contributed by atoms with Crippen molar-refractivity contribution >= 4 is 31.9 Å². The van der Waals surface area contributed by atoms with Gasteiger partial charge in [-0.25, -0.2) is 0 Å². The summed E-state index contributed by atoms with van der Waals surface area (Å²) >= 11 is 6.98. The van der Waals surface area contributed by atoms with Crippen LogP contribution in [0, 0.1) is 0 Å². The Balaban J connectivity index is 1.97. The van der Waals surface area contributed by atoms with Crippen LogP contribution >= 0.6 is 31.9 Å². The summed E-state index contributed by atoms with van der Waals surface area (Å²) in [6.45, 7) is 10.1. The Hall–Kier alpha value is -0.840. The number of halogens is 2. The van der Waals surface area contributed by atoms with E-state index >= 15 is 0 Å². The normalized spacial score (nSPS) is 12.4. The van der Waals surface area contributed by atoms with Crippen LogP contribution in [0.5, 0.6) is 11.5 Å². The van der Waals surface area contributed by atoms with Crippen LogP contribution in [-0.2, 0) is 0 Å². The number of hydrogen-bond acceptors (Lipinski definition) is 2. The average Bonchev–Trinajstić information content (AvgIpc) is 2.59. The second kappa shape index (κ2) is 9.59. The number of benzene rings is 2. The van der Waals surface area contributed by atoms with Crippen molar-refractivity contribution in [2.75, 3.05) is 19.6 Å². The molecule has 2 nitrogen and oxygen atoms in total. The summed E-state index contributed by atoms with van der Waals surface area (Å²) in [6, 6.07) is 14.4. The minimum Gasteiger partial charge on any atom is -0.456 e. The number of ether oxygens (including phenoxy) is 1. The molecule has 0 bridgehead atoms. The van der Waals surface area contributed by atoms with Gasteiger partial charge in [-0.05, 0) is 83.8 Å². The monoisotopic (exact) mass is 453 g/mol. The Kier molecular flexibility index (Phi) is 7.79. The van der Waals surface area contributed by atoms with E-state index in [0.717, 1.165) is 40.1 Å². The Morgan fingerprint density at radius 3 is 2.25 bits per heavy atom. The van der Waals surface area contributed by atoms with Crippen LogP contribution in [0.1, 0.15) is 38.7 Å². The molecule has 0 heterocycles. The molecule has 0 N–H and O–H groups in total. The Morgan fingerprint density at radius 2 is 1.67 bits per heavy atom. The quantitative estimate of drug-likeness (QED) is 0.432. The third kappa shape index (κ3) is 5.61. The van der Waals surface area contributed by atoms with Crippen molar-refractivity contribution in [3.8, 4) is 11.5 Å². The lowest BCUT2D eigenvalue weighted by atomic mass is 9.97. The fraction of sp³-hybridized carbons (Fsp3) is 0.400. The first-order valence-electron chi connectivity index (χ1n) is 8.48. The van der Waals surface area contributed by atoms with Gasteiger partial charge in [-0.1, -0.05) is 48.8 Å². The van der Waals surface area contributed by atoms with Crippen molar-refractivity contribution in [2.45, 2.75) is 33.1 Å². The molecular weight excluding hydrogens is 430 g/mol. The van der Waals surface area contributed by atoms with Crippen molar-refractivity contribution in [3.63, 3.8) is 0 Å². The van der Waals surface area contributed by atoms with Crippen LogP contribution in [-0.4, -0.2) is 24.5 Å². The van der Waals surface area contributed by atoms with Gasteiger partial charge in [0.15, 0.2) is 0 Å². The zero-order valence-electron chi connectivity index (χ0n) is 14.6. The van der Waals surface area contributed by atoms with Gasteiger partial charge in [0.1, 0.15) is 11.5 Å². The Bertz CT molecular complexity index is 639. The maximum absolute atomic E-state index is 5.96. The molecule has 1 atom stereocenters. The first-order valence-corrected chi connectivity index (χ1v) is 10.1. The maximum Gasteiger partial charge on any atom is 0.141 e. The molecule has 130 valence electrons. The van der Waals surface area contributed by atoms with E-state index in [1.807, 2.05) is 18.2 Å². The minimum absolute atomic E-state index is 0.555. The predicted octanol–water partition coefficient (Wildman–Crippen LogP) is 6.84. The van der Waals surface area contributed by atoms with Crippen molar-refractivity contribution in [1.29, 1.82) is 0 Å². The Labute approximate surface area is 162 Å². The first-order chi connectivity index (χ1) is 11.5. The summed E-state index contributed by atoms with van der Waals surface area (Å²) in [5, 5.41) is 0. The fourth-order valence-electron chi connectivity index (χ4n) is 2.63. The SMILES string of the molecule is CCN(CC)CCC(C)c1ccc(Oc2ccc(Br)cc2Br)cc1. The van der Waals surface area contributed by atoms with Gasteiger partial charge in [0.25, 0.3) is 0 Å².